The van der Waals surface area contributed by atoms with Crippen LogP contribution >= 0.6 is 0 Å². The second-order valence-electron chi connectivity index (χ2n) is 13.6. The van der Waals surface area contributed by atoms with Crippen LogP contribution in [0.15, 0.2) is 12.2 Å². The number of epoxide rings is 1. The predicted molar refractivity (Wildman–Crippen MR) is 182 cm³/mol. The quantitative estimate of drug-likeness (QED) is 0.0348. The molecule has 0 aromatic rings. The van der Waals surface area contributed by atoms with Crippen LogP contribution < -0.4 is 0 Å². The third kappa shape index (κ3) is 27.0. The molecule has 1 fully saturated rings. The van der Waals surface area contributed by atoms with E-state index in [-0.39, 0.29) is 25.2 Å². The van der Waals surface area contributed by atoms with Gasteiger partial charge in [0, 0.05) is 12.8 Å². The number of carbonyl (C=O) groups is 2. The van der Waals surface area contributed by atoms with Crippen LogP contribution in [0.1, 0.15) is 181 Å². The van der Waals surface area contributed by atoms with Crippen LogP contribution in [0.4, 0.5) is 0 Å². The highest BCUT2D eigenvalue weighted by atomic mass is 16.6. The molecule has 6 heteroatoms. The van der Waals surface area contributed by atoms with Gasteiger partial charge in [-0.2, -0.15) is 0 Å². The SMILES string of the molecule is CCCCCC1OC1C/C=C\CCCCCCCC(=O)OC[C@@H](O)COC(=O)CCCCCCCCCCCCCC(C)C. The molecule has 1 aliphatic heterocycles. The van der Waals surface area contributed by atoms with Gasteiger partial charge in [-0.3, -0.25) is 9.59 Å². The van der Waals surface area contributed by atoms with Gasteiger partial charge in [-0.05, 0) is 44.4 Å². The molecule has 44 heavy (non-hydrogen) atoms. The minimum Gasteiger partial charge on any atom is -0.463 e. The fourth-order valence-electron chi connectivity index (χ4n) is 5.63. The van der Waals surface area contributed by atoms with Crippen molar-refractivity contribution < 1.29 is 28.9 Å². The highest BCUT2D eigenvalue weighted by Crippen LogP contribution is 2.30. The van der Waals surface area contributed by atoms with E-state index in [1.165, 1.54) is 96.3 Å². The van der Waals surface area contributed by atoms with Crippen molar-refractivity contribution >= 4 is 11.9 Å². The van der Waals surface area contributed by atoms with Crippen LogP contribution in [0.5, 0.6) is 0 Å². The first-order valence-corrected chi connectivity index (χ1v) is 18.7. The molecule has 0 aromatic carbocycles. The molecule has 6 nitrogen and oxygen atoms in total. The third-order valence-corrected chi connectivity index (χ3v) is 8.60. The van der Waals surface area contributed by atoms with E-state index in [1.807, 2.05) is 0 Å². The average molecular weight is 623 g/mol. The Balaban J connectivity index is 1.81. The predicted octanol–water partition coefficient (Wildman–Crippen LogP) is 10.2. The Bertz CT molecular complexity index is 705. The van der Waals surface area contributed by atoms with Gasteiger partial charge in [-0.15, -0.1) is 0 Å². The van der Waals surface area contributed by atoms with Crippen molar-refractivity contribution in [3.63, 3.8) is 0 Å². The van der Waals surface area contributed by atoms with E-state index in [1.54, 1.807) is 0 Å². The Labute approximate surface area is 271 Å². The second kappa shape index (κ2) is 29.0. The molecule has 1 heterocycles. The minimum atomic E-state index is -0.968. The fourth-order valence-corrected chi connectivity index (χ4v) is 5.63. The molecular formula is C38H70O6. The maximum atomic E-state index is 11.9. The number of aliphatic hydroxyl groups excluding tert-OH is 1. The van der Waals surface area contributed by atoms with E-state index in [0.717, 1.165) is 57.3 Å². The molecule has 0 aromatic heterocycles. The molecule has 1 rings (SSSR count). The van der Waals surface area contributed by atoms with E-state index in [0.29, 0.717) is 25.0 Å². The van der Waals surface area contributed by atoms with Crippen molar-refractivity contribution in [3.05, 3.63) is 12.2 Å². The number of aliphatic hydroxyl groups is 1. The normalized spacial score (nSPS) is 16.9. The number of hydrogen-bond donors (Lipinski definition) is 1. The summed E-state index contributed by atoms with van der Waals surface area (Å²) in [5.74, 6) is 0.252. The number of unbranched alkanes of at least 4 members (excludes halogenated alkanes) is 17. The molecule has 1 aliphatic rings. The Kier molecular flexibility index (Phi) is 26.8. The Morgan fingerprint density at radius 3 is 1.68 bits per heavy atom. The van der Waals surface area contributed by atoms with Crippen LogP contribution in [0.3, 0.4) is 0 Å². The van der Waals surface area contributed by atoms with Crippen LogP contribution in [0, 0.1) is 5.92 Å². The molecule has 258 valence electrons. The van der Waals surface area contributed by atoms with Crippen molar-refractivity contribution in [1.82, 2.24) is 0 Å². The smallest absolute Gasteiger partial charge is 0.305 e. The molecule has 2 unspecified atom stereocenters. The van der Waals surface area contributed by atoms with Gasteiger partial charge in [-0.1, -0.05) is 142 Å². The molecular weight excluding hydrogens is 552 g/mol. The standard InChI is InChI=1S/C38H70O6/c1-4-5-21-27-35-36(44-35)28-23-18-14-11-12-16-20-25-30-38(41)43-32-34(39)31-42-37(40)29-24-19-15-10-8-6-7-9-13-17-22-26-33(2)3/h18,23,33-36,39H,4-17,19-22,24-32H2,1-3H3/b23-18-/t34-,35?,36?/m0/s1. The number of carbonyl (C=O) groups excluding carboxylic acids is 2. The lowest BCUT2D eigenvalue weighted by atomic mass is 10.0. The van der Waals surface area contributed by atoms with Gasteiger partial charge in [0.15, 0.2) is 0 Å². The van der Waals surface area contributed by atoms with Gasteiger partial charge in [0.2, 0.25) is 0 Å². The van der Waals surface area contributed by atoms with E-state index in [2.05, 4.69) is 32.9 Å². The van der Waals surface area contributed by atoms with Crippen LogP contribution in [-0.2, 0) is 23.8 Å². The highest BCUT2D eigenvalue weighted by Gasteiger charge is 2.36. The molecule has 0 bridgehead atoms. The largest absolute Gasteiger partial charge is 0.463 e. The molecule has 0 aliphatic carbocycles. The first-order valence-electron chi connectivity index (χ1n) is 18.7. The summed E-state index contributed by atoms with van der Waals surface area (Å²) in [7, 11) is 0. The number of esters is 2. The van der Waals surface area contributed by atoms with Crippen LogP contribution in [0.2, 0.25) is 0 Å². The molecule has 1 N–H and O–H groups in total. The van der Waals surface area contributed by atoms with Gasteiger partial charge in [0.1, 0.15) is 19.3 Å². The van der Waals surface area contributed by atoms with Gasteiger partial charge in [0.05, 0.1) is 12.2 Å². The van der Waals surface area contributed by atoms with Crippen molar-refractivity contribution in [2.75, 3.05) is 13.2 Å². The summed E-state index contributed by atoms with van der Waals surface area (Å²) in [6.45, 7) is 6.59. The number of hydrogen-bond acceptors (Lipinski definition) is 6. The van der Waals surface area contributed by atoms with Crippen LogP contribution in [0.25, 0.3) is 0 Å². The number of ether oxygens (including phenoxy) is 3. The third-order valence-electron chi connectivity index (χ3n) is 8.60. The Hall–Kier alpha value is -1.40. The van der Waals surface area contributed by atoms with Crippen LogP contribution in [-0.4, -0.2) is 48.6 Å². The zero-order valence-electron chi connectivity index (χ0n) is 29.0. The van der Waals surface area contributed by atoms with Gasteiger partial charge < -0.3 is 19.3 Å². The van der Waals surface area contributed by atoms with Gasteiger partial charge >= 0.3 is 11.9 Å². The lowest BCUT2D eigenvalue weighted by Crippen LogP contribution is -2.25. The lowest BCUT2D eigenvalue weighted by molar-refractivity contribution is -0.152. The summed E-state index contributed by atoms with van der Waals surface area (Å²) in [4.78, 5) is 23.9. The molecule has 0 spiro atoms. The Morgan fingerprint density at radius 1 is 0.659 bits per heavy atom. The maximum absolute atomic E-state index is 11.9. The number of rotatable bonds is 32. The summed E-state index contributed by atoms with van der Waals surface area (Å²) in [6.07, 6.45) is 32.9. The molecule has 3 atom stereocenters. The summed E-state index contributed by atoms with van der Waals surface area (Å²) in [5.41, 5.74) is 0. The van der Waals surface area contributed by atoms with Gasteiger partial charge in [0.25, 0.3) is 0 Å². The molecule has 1 saturated heterocycles. The van der Waals surface area contributed by atoms with Crippen molar-refractivity contribution in [1.29, 1.82) is 0 Å². The zero-order valence-corrected chi connectivity index (χ0v) is 29.0. The Morgan fingerprint density at radius 2 is 1.16 bits per heavy atom. The topological polar surface area (TPSA) is 85.4 Å². The molecule has 0 saturated carbocycles. The highest BCUT2D eigenvalue weighted by molar-refractivity contribution is 5.69. The van der Waals surface area contributed by atoms with Crippen molar-refractivity contribution in [2.45, 2.75) is 200 Å². The zero-order chi connectivity index (χ0) is 32.1. The molecule has 0 amide bonds. The van der Waals surface area contributed by atoms with Crippen molar-refractivity contribution in [3.8, 4) is 0 Å². The fraction of sp³-hybridized carbons (Fsp3) is 0.895. The number of allylic oxidation sites excluding steroid dienone is 1. The second-order valence-corrected chi connectivity index (χ2v) is 13.6. The van der Waals surface area contributed by atoms with E-state index >= 15 is 0 Å². The summed E-state index contributed by atoms with van der Waals surface area (Å²) >= 11 is 0. The minimum absolute atomic E-state index is 0.120. The summed E-state index contributed by atoms with van der Waals surface area (Å²) < 4.78 is 16.0. The monoisotopic (exact) mass is 623 g/mol. The molecule has 0 radical (unpaired) electrons. The maximum Gasteiger partial charge on any atom is 0.305 e. The van der Waals surface area contributed by atoms with Gasteiger partial charge in [-0.25, -0.2) is 0 Å². The van der Waals surface area contributed by atoms with E-state index in [9.17, 15) is 14.7 Å². The lowest BCUT2D eigenvalue weighted by Gasteiger charge is -2.12. The summed E-state index contributed by atoms with van der Waals surface area (Å²) in [6, 6.07) is 0. The first-order chi connectivity index (χ1) is 21.4. The first kappa shape index (κ1) is 40.6. The average Bonchev–Trinajstić information content (AvgIpc) is 3.76. The van der Waals surface area contributed by atoms with E-state index in [4.69, 9.17) is 14.2 Å². The van der Waals surface area contributed by atoms with E-state index < -0.39 is 6.10 Å². The van der Waals surface area contributed by atoms with Crippen molar-refractivity contribution in [2.24, 2.45) is 5.92 Å². The summed E-state index contributed by atoms with van der Waals surface area (Å²) in [5, 5.41) is 10.00.